The average molecular weight is 201 g/mol. The number of rotatable bonds is 2. The van der Waals surface area contributed by atoms with E-state index in [-0.39, 0.29) is 5.91 Å². The Labute approximate surface area is 84.9 Å². The van der Waals surface area contributed by atoms with Crippen molar-refractivity contribution in [3.63, 3.8) is 0 Å². The lowest BCUT2D eigenvalue weighted by Crippen LogP contribution is -2.39. The monoisotopic (exact) mass is 201 g/mol. The fraction of sp³-hybridized carbons (Fsp3) is 0.800. The summed E-state index contributed by atoms with van der Waals surface area (Å²) in [5.41, 5.74) is 0. The third kappa shape index (κ3) is 3.01. The number of carboxylic acid groups (broad SMARTS) is 1. The molecule has 1 unspecified atom stereocenters. The summed E-state index contributed by atoms with van der Waals surface area (Å²) >= 11 is 0. The van der Waals surface area contributed by atoms with Crippen molar-refractivity contribution in [3.05, 3.63) is 0 Å². The molecule has 0 spiro atoms. The molecule has 1 N–H and O–H groups in total. The predicted molar refractivity (Wildman–Crippen MR) is 54.0 cm³/mol. The van der Waals surface area contributed by atoms with Crippen LogP contribution in [0.4, 0.5) is 0 Å². The van der Waals surface area contributed by atoms with Crippen LogP contribution in [0.15, 0.2) is 0 Å². The van der Waals surface area contributed by atoms with Gasteiger partial charge in [0, 0.05) is 13.0 Å². The Bertz CT molecular complexity index is 204. The Morgan fingerprint density at radius 2 is 2.00 bits per heavy atom. The first-order valence-electron chi connectivity index (χ1n) is 5.19. The molecular weight excluding hydrogens is 182 g/mol. The molecule has 1 aliphatic rings. The molecule has 0 aliphatic carbocycles. The van der Waals surface area contributed by atoms with Gasteiger partial charge >= 0.3 is 5.97 Å². The smallest absolute Gasteiger partial charge is 0.326 e. The van der Waals surface area contributed by atoms with E-state index in [1.165, 1.54) is 4.90 Å². The van der Waals surface area contributed by atoms with E-state index in [9.17, 15) is 9.59 Å². The van der Waals surface area contributed by atoms with Crippen LogP contribution in [0, 0.1) is 0 Å². The van der Waals surface area contributed by atoms with Crippen LogP contribution in [0.5, 0.6) is 0 Å². The summed E-state index contributed by atoms with van der Waals surface area (Å²) in [7, 11) is 0. The number of carbonyl (C=O) groups is 2. The minimum Gasteiger partial charge on any atom is -0.480 e. The van der Waals surface area contributed by atoms with E-state index in [0.29, 0.717) is 19.4 Å². The minimum absolute atomic E-state index is 0.0556. The Morgan fingerprint density at radius 3 is 2.43 bits per heavy atom. The van der Waals surface area contributed by atoms with Crippen LogP contribution in [-0.2, 0) is 9.59 Å². The van der Waals surface area contributed by atoms with Crippen LogP contribution in [0.1, 0.15) is 40.0 Å². The lowest BCUT2D eigenvalue weighted by molar-refractivity contribution is -0.148. The van der Waals surface area contributed by atoms with Crippen molar-refractivity contribution >= 4 is 11.9 Å². The first-order chi connectivity index (χ1) is 6.66. The highest BCUT2D eigenvalue weighted by Crippen LogP contribution is 2.17. The van der Waals surface area contributed by atoms with Crippen molar-refractivity contribution in [2.45, 2.75) is 46.1 Å². The van der Waals surface area contributed by atoms with E-state index < -0.39 is 12.0 Å². The van der Waals surface area contributed by atoms with Gasteiger partial charge in [0.25, 0.3) is 0 Å². The maximum absolute atomic E-state index is 11.2. The van der Waals surface area contributed by atoms with E-state index in [1.807, 2.05) is 13.8 Å². The van der Waals surface area contributed by atoms with Crippen LogP contribution >= 0.6 is 0 Å². The molecule has 82 valence electrons. The molecule has 1 fully saturated rings. The van der Waals surface area contributed by atoms with Gasteiger partial charge in [-0.15, -0.1) is 0 Å². The van der Waals surface area contributed by atoms with Crippen molar-refractivity contribution < 1.29 is 14.7 Å². The van der Waals surface area contributed by atoms with Gasteiger partial charge in [0.15, 0.2) is 0 Å². The van der Waals surface area contributed by atoms with Gasteiger partial charge in [-0.3, -0.25) is 4.79 Å². The van der Waals surface area contributed by atoms with Crippen molar-refractivity contribution in [2.75, 3.05) is 6.54 Å². The molecule has 0 radical (unpaired) electrons. The number of carbonyl (C=O) groups excluding carboxylic acids is 1. The fourth-order valence-corrected chi connectivity index (χ4v) is 1.53. The van der Waals surface area contributed by atoms with Gasteiger partial charge in [0.2, 0.25) is 5.91 Å². The third-order valence-corrected chi connectivity index (χ3v) is 2.16. The molecule has 4 heteroatoms. The SMILES string of the molecule is CC.CCC(=O)N1CCCC1C(=O)O. The molecule has 0 saturated carbocycles. The second kappa shape index (κ2) is 6.40. The van der Waals surface area contributed by atoms with E-state index in [2.05, 4.69) is 0 Å². The van der Waals surface area contributed by atoms with Gasteiger partial charge in [-0.1, -0.05) is 20.8 Å². The molecule has 4 nitrogen and oxygen atoms in total. The van der Waals surface area contributed by atoms with Crippen LogP contribution in [0.2, 0.25) is 0 Å². The zero-order valence-corrected chi connectivity index (χ0v) is 9.12. The van der Waals surface area contributed by atoms with E-state index in [0.717, 1.165) is 6.42 Å². The lowest BCUT2D eigenvalue weighted by atomic mass is 10.2. The Morgan fingerprint density at radius 1 is 1.43 bits per heavy atom. The quantitative estimate of drug-likeness (QED) is 0.736. The largest absolute Gasteiger partial charge is 0.480 e. The molecule has 0 aromatic carbocycles. The molecule has 1 saturated heterocycles. The summed E-state index contributed by atoms with van der Waals surface area (Å²) in [5, 5.41) is 8.73. The van der Waals surface area contributed by atoms with Gasteiger partial charge < -0.3 is 10.0 Å². The Balaban J connectivity index is 0.000000791. The predicted octanol–water partition coefficient (Wildman–Crippen LogP) is 1.50. The van der Waals surface area contributed by atoms with Crippen LogP contribution in [-0.4, -0.2) is 34.5 Å². The molecule has 1 atom stereocenters. The van der Waals surface area contributed by atoms with E-state index in [4.69, 9.17) is 5.11 Å². The maximum Gasteiger partial charge on any atom is 0.326 e. The molecule has 1 aliphatic heterocycles. The van der Waals surface area contributed by atoms with Gasteiger partial charge in [-0.05, 0) is 12.8 Å². The molecular formula is C10H19NO3. The summed E-state index contributed by atoms with van der Waals surface area (Å²) < 4.78 is 0. The number of nitrogens with zero attached hydrogens (tertiary/aromatic N) is 1. The molecule has 0 aromatic heterocycles. The van der Waals surface area contributed by atoms with Crippen LogP contribution < -0.4 is 0 Å². The second-order valence-corrected chi connectivity index (χ2v) is 2.94. The van der Waals surface area contributed by atoms with Crippen LogP contribution in [0.25, 0.3) is 0 Å². The minimum atomic E-state index is -0.880. The van der Waals surface area contributed by atoms with Gasteiger partial charge in [-0.2, -0.15) is 0 Å². The zero-order valence-electron chi connectivity index (χ0n) is 9.12. The summed E-state index contributed by atoms with van der Waals surface area (Å²) in [4.78, 5) is 23.3. The highest BCUT2D eigenvalue weighted by molar-refractivity contribution is 5.84. The summed E-state index contributed by atoms with van der Waals surface area (Å²) in [6.07, 6.45) is 1.80. The molecule has 0 aromatic rings. The second-order valence-electron chi connectivity index (χ2n) is 2.94. The first-order valence-corrected chi connectivity index (χ1v) is 5.19. The van der Waals surface area contributed by atoms with E-state index in [1.54, 1.807) is 6.92 Å². The lowest BCUT2D eigenvalue weighted by Gasteiger charge is -2.20. The van der Waals surface area contributed by atoms with Crippen LogP contribution in [0.3, 0.4) is 0 Å². The number of hydrogen-bond acceptors (Lipinski definition) is 2. The van der Waals surface area contributed by atoms with Gasteiger partial charge in [0.1, 0.15) is 6.04 Å². The number of hydrogen-bond donors (Lipinski definition) is 1. The summed E-state index contributed by atoms with van der Waals surface area (Å²) in [5.74, 6) is -0.936. The molecule has 1 heterocycles. The number of likely N-dealkylation sites (tertiary alicyclic amines) is 1. The molecule has 1 amide bonds. The topological polar surface area (TPSA) is 57.6 Å². The standard InChI is InChI=1S/C8H13NO3.C2H6/c1-2-7(10)9-5-3-4-6(9)8(11)12;1-2/h6H,2-5H2,1H3,(H,11,12);1-2H3. The Kier molecular flexibility index (Phi) is 5.92. The van der Waals surface area contributed by atoms with E-state index >= 15 is 0 Å². The zero-order chi connectivity index (χ0) is 11.1. The maximum atomic E-state index is 11.2. The Hall–Kier alpha value is -1.06. The fourth-order valence-electron chi connectivity index (χ4n) is 1.53. The number of amides is 1. The third-order valence-electron chi connectivity index (χ3n) is 2.16. The molecule has 14 heavy (non-hydrogen) atoms. The highest BCUT2D eigenvalue weighted by atomic mass is 16.4. The first kappa shape index (κ1) is 12.9. The number of carboxylic acids is 1. The summed E-state index contributed by atoms with van der Waals surface area (Å²) in [6, 6.07) is -0.572. The summed E-state index contributed by atoms with van der Waals surface area (Å²) in [6.45, 7) is 6.35. The molecule has 0 bridgehead atoms. The van der Waals surface area contributed by atoms with Crippen molar-refractivity contribution in [1.82, 2.24) is 4.90 Å². The normalized spacial score (nSPS) is 19.9. The van der Waals surface area contributed by atoms with Crippen molar-refractivity contribution in [1.29, 1.82) is 0 Å². The molecule has 1 rings (SSSR count). The number of aliphatic carboxylic acids is 1. The van der Waals surface area contributed by atoms with Gasteiger partial charge in [0.05, 0.1) is 0 Å². The van der Waals surface area contributed by atoms with Crippen molar-refractivity contribution in [3.8, 4) is 0 Å². The highest BCUT2D eigenvalue weighted by Gasteiger charge is 2.32. The van der Waals surface area contributed by atoms with Crippen molar-refractivity contribution in [2.24, 2.45) is 0 Å². The average Bonchev–Trinajstić information content (AvgIpc) is 2.68. The van der Waals surface area contributed by atoms with Gasteiger partial charge in [-0.25, -0.2) is 4.79 Å².